The van der Waals surface area contributed by atoms with Crippen LogP contribution in [0.4, 0.5) is 0 Å². The molecule has 1 saturated heterocycles. The standard InChI is InChI=1S/C14H25N3O2/c1-10(18)16-12-2-4-13(5-3-12)17-14(19)11-6-8-15-9-7-11/h11-13,15H,2-9H2,1H3,(H,16,18)(H,17,19). The molecule has 1 heterocycles. The average Bonchev–Trinajstić information content (AvgIpc) is 2.41. The highest BCUT2D eigenvalue weighted by Gasteiger charge is 2.26. The molecule has 2 amide bonds. The van der Waals surface area contributed by atoms with Gasteiger partial charge in [-0.25, -0.2) is 0 Å². The third kappa shape index (κ3) is 4.49. The Morgan fingerprint density at radius 1 is 0.895 bits per heavy atom. The van der Waals surface area contributed by atoms with Crippen LogP contribution < -0.4 is 16.0 Å². The van der Waals surface area contributed by atoms with Gasteiger partial charge in [-0.1, -0.05) is 0 Å². The van der Waals surface area contributed by atoms with E-state index in [0.29, 0.717) is 12.1 Å². The van der Waals surface area contributed by atoms with Crippen LogP contribution in [-0.4, -0.2) is 37.0 Å². The van der Waals surface area contributed by atoms with Gasteiger partial charge in [-0.05, 0) is 51.6 Å². The van der Waals surface area contributed by atoms with Gasteiger partial charge in [0, 0.05) is 24.9 Å². The Morgan fingerprint density at radius 2 is 1.42 bits per heavy atom. The quantitative estimate of drug-likeness (QED) is 0.699. The van der Waals surface area contributed by atoms with E-state index < -0.39 is 0 Å². The molecule has 3 N–H and O–H groups in total. The van der Waals surface area contributed by atoms with Crippen molar-refractivity contribution in [2.24, 2.45) is 5.92 Å². The van der Waals surface area contributed by atoms with Crippen LogP contribution in [0.1, 0.15) is 45.4 Å². The van der Waals surface area contributed by atoms with Gasteiger partial charge in [0.15, 0.2) is 0 Å². The molecule has 108 valence electrons. The van der Waals surface area contributed by atoms with E-state index in [2.05, 4.69) is 16.0 Å². The number of hydrogen-bond acceptors (Lipinski definition) is 3. The summed E-state index contributed by atoms with van der Waals surface area (Å²) in [7, 11) is 0. The molecule has 0 bridgehead atoms. The number of carbonyl (C=O) groups excluding carboxylic acids is 2. The molecule has 1 saturated carbocycles. The number of piperidine rings is 1. The second-order valence-electron chi connectivity index (χ2n) is 5.78. The molecule has 0 spiro atoms. The highest BCUT2D eigenvalue weighted by molar-refractivity contribution is 5.79. The number of amides is 2. The monoisotopic (exact) mass is 267 g/mol. The summed E-state index contributed by atoms with van der Waals surface area (Å²) in [6.45, 7) is 3.46. The Balaban J connectivity index is 1.69. The molecule has 0 aromatic heterocycles. The summed E-state index contributed by atoms with van der Waals surface area (Å²) in [4.78, 5) is 23.1. The molecular formula is C14H25N3O2. The minimum atomic E-state index is 0.0437. The van der Waals surface area contributed by atoms with Crippen LogP contribution in [-0.2, 0) is 9.59 Å². The van der Waals surface area contributed by atoms with Crippen molar-refractivity contribution in [3.63, 3.8) is 0 Å². The third-order valence-corrected chi connectivity index (χ3v) is 4.19. The smallest absolute Gasteiger partial charge is 0.223 e. The summed E-state index contributed by atoms with van der Waals surface area (Å²) in [5, 5.41) is 9.42. The average molecular weight is 267 g/mol. The molecule has 1 aliphatic carbocycles. The summed E-state index contributed by atoms with van der Waals surface area (Å²) < 4.78 is 0. The van der Waals surface area contributed by atoms with Gasteiger partial charge < -0.3 is 16.0 Å². The van der Waals surface area contributed by atoms with Crippen LogP contribution in [0.25, 0.3) is 0 Å². The first-order valence-electron chi connectivity index (χ1n) is 7.43. The molecule has 1 aliphatic heterocycles. The number of nitrogens with one attached hydrogen (secondary N) is 3. The van der Waals surface area contributed by atoms with E-state index in [1.165, 1.54) is 0 Å². The molecule has 0 radical (unpaired) electrons. The van der Waals surface area contributed by atoms with Crippen LogP contribution in [0.2, 0.25) is 0 Å². The lowest BCUT2D eigenvalue weighted by atomic mass is 9.90. The zero-order valence-electron chi connectivity index (χ0n) is 11.7. The van der Waals surface area contributed by atoms with E-state index in [4.69, 9.17) is 0 Å². The topological polar surface area (TPSA) is 70.2 Å². The van der Waals surface area contributed by atoms with E-state index >= 15 is 0 Å². The van der Waals surface area contributed by atoms with Crippen molar-refractivity contribution >= 4 is 11.8 Å². The number of rotatable bonds is 3. The maximum Gasteiger partial charge on any atom is 0.223 e. The van der Waals surface area contributed by atoms with E-state index in [1.54, 1.807) is 6.92 Å². The molecule has 2 fully saturated rings. The van der Waals surface area contributed by atoms with E-state index in [9.17, 15) is 9.59 Å². The molecular weight excluding hydrogens is 242 g/mol. The Labute approximate surface area is 114 Å². The molecule has 0 atom stereocenters. The fourth-order valence-electron chi connectivity index (χ4n) is 3.07. The van der Waals surface area contributed by atoms with Gasteiger partial charge in [0.05, 0.1) is 0 Å². The first-order chi connectivity index (χ1) is 9.15. The zero-order chi connectivity index (χ0) is 13.7. The second-order valence-corrected chi connectivity index (χ2v) is 5.78. The lowest BCUT2D eigenvalue weighted by molar-refractivity contribution is -0.127. The van der Waals surface area contributed by atoms with Gasteiger partial charge in [0.1, 0.15) is 0 Å². The Kier molecular flexibility index (Phi) is 5.19. The molecule has 0 unspecified atom stereocenters. The molecule has 19 heavy (non-hydrogen) atoms. The highest BCUT2D eigenvalue weighted by Crippen LogP contribution is 2.20. The second kappa shape index (κ2) is 6.89. The predicted octanol–water partition coefficient (Wildman–Crippen LogP) is 0.549. The van der Waals surface area contributed by atoms with Crippen molar-refractivity contribution in [2.75, 3.05) is 13.1 Å². The zero-order valence-corrected chi connectivity index (χ0v) is 11.7. The fraction of sp³-hybridized carbons (Fsp3) is 0.857. The van der Waals surface area contributed by atoms with Crippen molar-refractivity contribution < 1.29 is 9.59 Å². The minimum Gasteiger partial charge on any atom is -0.354 e. The van der Waals surface area contributed by atoms with Crippen molar-refractivity contribution in [1.82, 2.24) is 16.0 Å². The minimum absolute atomic E-state index is 0.0437. The maximum absolute atomic E-state index is 12.1. The first-order valence-corrected chi connectivity index (χ1v) is 7.43. The van der Waals surface area contributed by atoms with Gasteiger partial charge >= 0.3 is 0 Å². The Morgan fingerprint density at radius 3 is 1.95 bits per heavy atom. The Bertz CT molecular complexity index is 319. The maximum atomic E-state index is 12.1. The van der Waals surface area contributed by atoms with Gasteiger partial charge in [0.2, 0.25) is 11.8 Å². The lowest BCUT2D eigenvalue weighted by Gasteiger charge is -2.31. The molecule has 2 aliphatic rings. The predicted molar refractivity (Wildman–Crippen MR) is 73.6 cm³/mol. The van der Waals surface area contributed by atoms with E-state index in [0.717, 1.165) is 51.6 Å². The van der Waals surface area contributed by atoms with Crippen LogP contribution in [0.15, 0.2) is 0 Å². The van der Waals surface area contributed by atoms with Crippen LogP contribution in [0.3, 0.4) is 0 Å². The van der Waals surface area contributed by atoms with Gasteiger partial charge in [-0.3, -0.25) is 9.59 Å². The third-order valence-electron chi connectivity index (χ3n) is 4.19. The largest absolute Gasteiger partial charge is 0.354 e. The van der Waals surface area contributed by atoms with Gasteiger partial charge in [-0.2, -0.15) is 0 Å². The molecule has 0 aromatic carbocycles. The van der Waals surface area contributed by atoms with Crippen molar-refractivity contribution in [1.29, 1.82) is 0 Å². The summed E-state index contributed by atoms with van der Waals surface area (Å²) >= 11 is 0. The molecule has 0 aromatic rings. The molecule has 5 heteroatoms. The van der Waals surface area contributed by atoms with E-state index in [1.807, 2.05) is 0 Å². The normalized spacial score (nSPS) is 28.7. The Hall–Kier alpha value is -1.10. The fourth-order valence-corrected chi connectivity index (χ4v) is 3.07. The number of carbonyl (C=O) groups is 2. The highest BCUT2D eigenvalue weighted by atomic mass is 16.2. The SMILES string of the molecule is CC(=O)NC1CCC(NC(=O)C2CCNCC2)CC1. The van der Waals surface area contributed by atoms with Crippen molar-refractivity contribution in [3.05, 3.63) is 0 Å². The first kappa shape index (κ1) is 14.3. The number of hydrogen-bond donors (Lipinski definition) is 3. The molecule has 5 nitrogen and oxygen atoms in total. The van der Waals surface area contributed by atoms with Crippen LogP contribution in [0, 0.1) is 5.92 Å². The molecule has 2 rings (SSSR count). The summed E-state index contributed by atoms with van der Waals surface area (Å²) in [6, 6.07) is 0.594. The van der Waals surface area contributed by atoms with Gasteiger partial charge in [-0.15, -0.1) is 0 Å². The van der Waals surface area contributed by atoms with E-state index in [-0.39, 0.29) is 17.7 Å². The summed E-state index contributed by atoms with van der Waals surface area (Å²) in [6.07, 6.45) is 5.79. The van der Waals surface area contributed by atoms with Crippen molar-refractivity contribution in [2.45, 2.75) is 57.5 Å². The van der Waals surface area contributed by atoms with Crippen molar-refractivity contribution in [3.8, 4) is 0 Å². The van der Waals surface area contributed by atoms with Crippen LogP contribution >= 0.6 is 0 Å². The summed E-state index contributed by atoms with van der Waals surface area (Å²) in [5.74, 6) is 0.459. The van der Waals surface area contributed by atoms with Gasteiger partial charge in [0.25, 0.3) is 0 Å². The lowest BCUT2D eigenvalue weighted by Crippen LogP contribution is -2.46. The summed E-state index contributed by atoms with van der Waals surface area (Å²) in [5.41, 5.74) is 0. The van der Waals surface area contributed by atoms with Crippen LogP contribution in [0.5, 0.6) is 0 Å².